The number of rotatable bonds is 8. The molecule has 0 aliphatic heterocycles. The molecule has 0 atom stereocenters. The number of benzene rings is 1. The number of aryl methyl sites for hydroxylation is 1. The third-order valence-electron chi connectivity index (χ3n) is 3.74. The van der Waals surface area contributed by atoms with Gasteiger partial charge in [0.2, 0.25) is 5.91 Å². The van der Waals surface area contributed by atoms with Crippen LogP contribution < -0.4 is 10.1 Å². The van der Waals surface area contributed by atoms with E-state index in [0.29, 0.717) is 18.2 Å². The lowest BCUT2D eigenvalue weighted by atomic mass is 9.98. The molecule has 0 aliphatic carbocycles. The van der Waals surface area contributed by atoms with Gasteiger partial charge in [0.15, 0.2) is 6.61 Å². The molecule has 134 valence electrons. The van der Waals surface area contributed by atoms with E-state index in [1.165, 1.54) is 10.5 Å². The van der Waals surface area contributed by atoms with E-state index >= 15 is 0 Å². The Morgan fingerprint density at radius 1 is 1.21 bits per heavy atom. The second kappa shape index (κ2) is 9.30. The molecule has 1 aromatic carbocycles. The standard InChI is InChI=1S/C19H30N2O3/c1-7-21(11-18(22)20-14(4)5)19(23)12-24-16-8-9-17(13(2)3)15(6)10-16/h8-10,13-14H,7,11-12H2,1-6H3,(H,20,22). The number of nitrogens with zero attached hydrogens (tertiary/aromatic N) is 1. The highest BCUT2D eigenvalue weighted by molar-refractivity contribution is 5.85. The summed E-state index contributed by atoms with van der Waals surface area (Å²) in [7, 11) is 0. The number of likely N-dealkylation sites (N-methyl/N-ethyl adjacent to an activating group) is 1. The summed E-state index contributed by atoms with van der Waals surface area (Å²) in [6.07, 6.45) is 0. The number of amides is 2. The molecule has 5 heteroatoms. The highest BCUT2D eigenvalue weighted by atomic mass is 16.5. The average molecular weight is 334 g/mol. The van der Waals surface area contributed by atoms with E-state index in [4.69, 9.17) is 4.74 Å². The zero-order valence-corrected chi connectivity index (χ0v) is 15.7. The summed E-state index contributed by atoms with van der Waals surface area (Å²) in [5.41, 5.74) is 2.42. The summed E-state index contributed by atoms with van der Waals surface area (Å²) >= 11 is 0. The quantitative estimate of drug-likeness (QED) is 0.795. The van der Waals surface area contributed by atoms with Gasteiger partial charge in [-0.2, -0.15) is 0 Å². The van der Waals surface area contributed by atoms with E-state index in [1.54, 1.807) is 0 Å². The molecule has 24 heavy (non-hydrogen) atoms. The van der Waals surface area contributed by atoms with E-state index in [-0.39, 0.29) is 31.0 Å². The number of carbonyl (C=O) groups is 2. The molecule has 0 aromatic heterocycles. The number of nitrogens with one attached hydrogen (secondary N) is 1. The van der Waals surface area contributed by atoms with Gasteiger partial charge in [0.05, 0.1) is 6.54 Å². The molecule has 5 nitrogen and oxygen atoms in total. The fourth-order valence-electron chi connectivity index (χ4n) is 2.54. The largest absolute Gasteiger partial charge is 0.484 e. The third kappa shape index (κ3) is 6.22. The summed E-state index contributed by atoms with van der Waals surface area (Å²) in [5, 5.41) is 2.79. The van der Waals surface area contributed by atoms with Crippen LogP contribution in [0.4, 0.5) is 0 Å². The van der Waals surface area contributed by atoms with Crippen LogP contribution in [0.1, 0.15) is 51.7 Å². The van der Waals surface area contributed by atoms with Crippen LogP contribution in [-0.4, -0.2) is 42.5 Å². The molecule has 2 amide bonds. The minimum atomic E-state index is -0.193. The van der Waals surface area contributed by atoms with Crippen molar-refractivity contribution in [2.24, 2.45) is 0 Å². The molecule has 0 heterocycles. The van der Waals surface area contributed by atoms with Crippen LogP contribution >= 0.6 is 0 Å². The molecule has 0 unspecified atom stereocenters. The topological polar surface area (TPSA) is 58.6 Å². The van der Waals surface area contributed by atoms with Gasteiger partial charge in [0.1, 0.15) is 5.75 Å². The van der Waals surface area contributed by atoms with Crippen molar-refractivity contribution in [2.45, 2.75) is 53.5 Å². The molecular weight excluding hydrogens is 304 g/mol. The van der Waals surface area contributed by atoms with Gasteiger partial charge in [-0.25, -0.2) is 0 Å². The number of hydrogen-bond acceptors (Lipinski definition) is 3. The van der Waals surface area contributed by atoms with E-state index in [0.717, 1.165) is 5.56 Å². The van der Waals surface area contributed by atoms with Crippen LogP contribution in [0.3, 0.4) is 0 Å². The fourth-order valence-corrected chi connectivity index (χ4v) is 2.54. The van der Waals surface area contributed by atoms with Crippen LogP contribution in [0.5, 0.6) is 5.75 Å². The first-order valence-corrected chi connectivity index (χ1v) is 8.55. The number of hydrogen-bond donors (Lipinski definition) is 1. The lowest BCUT2D eigenvalue weighted by Crippen LogP contribution is -2.44. The van der Waals surface area contributed by atoms with E-state index < -0.39 is 0 Å². The predicted octanol–water partition coefficient (Wildman–Crippen LogP) is 2.87. The highest BCUT2D eigenvalue weighted by Crippen LogP contribution is 2.23. The van der Waals surface area contributed by atoms with E-state index in [2.05, 4.69) is 19.2 Å². The van der Waals surface area contributed by atoms with Crippen LogP contribution in [-0.2, 0) is 9.59 Å². The maximum absolute atomic E-state index is 12.2. The average Bonchev–Trinajstić information content (AvgIpc) is 2.49. The second-order valence-corrected chi connectivity index (χ2v) is 6.59. The SMILES string of the molecule is CCN(CC(=O)NC(C)C)C(=O)COc1ccc(C(C)C)c(C)c1. The first-order chi connectivity index (χ1) is 11.2. The molecule has 0 bridgehead atoms. The first kappa shape index (κ1) is 20.0. The Labute approximate surface area is 145 Å². The Morgan fingerprint density at radius 2 is 1.88 bits per heavy atom. The van der Waals surface area contributed by atoms with Gasteiger partial charge in [0, 0.05) is 12.6 Å². The van der Waals surface area contributed by atoms with Crippen molar-refractivity contribution in [3.05, 3.63) is 29.3 Å². The summed E-state index contributed by atoms with van der Waals surface area (Å²) in [5.74, 6) is 0.781. The van der Waals surface area contributed by atoms with Crippen molar-refractivity contribution >= 4 is 11.8 Å². The molecule has 1 N–H and O–H groups in total. The summed E-state index contributed by atoms with van der Waals surface area (Å²) in [4.78, 5) is 25.5. The smallest absolute Gasteiger partial charge is 0.260 e. The highest BCUT2D eigenvalue weighted by Gasteiger charge is 2.16. The van der Waals surface area contributed by atoms with Crippen molar-refractivity contribution in [3.63, 3.8) is 0 Å². The third-order valence-corrected chi connectivity index (χ3v) is 3.74. The van der Waals surface area contributed by atoms with Crippen LogP contribution in [0.25, 0.3) is 0 Å². The van der Waals surface area contributed by atoms with Crippen molar-refractivity contribution in [2.75, 3.05) is 19.7 Å². The molecule has 0 saturated heterocycles. The van der Waals surface area contributed by atoms with Crippen molar-refractivity contribution in [1.29, 1.82) is 0 Å². The van der Waals surface area contributed by atoms with Crippen molar-refractivity contribution < 1.29 is 14.3 Å². The predicted molar refractivity (Wildman–Crippen MR) is 96.3 cm³/mol. The van der Waals surface area contributed by atoms with Crippen molar-refractivity contribution in [3.8, 4) is 5.75 Å². The molecule has 0 fully saturated rings. The van der Waals surface area contributed by atoms with E-state index in [1.807, 2.05) is 45.9 Å². The lowest BCUT2D eigenvalue weighted by Gasteiger charge is -2.21. The minimum absolute atomic E-state index is 0.0577. The molecule has 0 aliphatic rings. The molecular formula is C19H30N2O3. The maximum atomic E-state index is 12.2. The Balaban J connectivity index is 2.60. The second-order valence-electron chi connectivity index (χ2n) is 6.59. The van der Waals surface area contributed by atoms with Gasteiger partial charge in [-0.15, -0.1) is 0 Å². The summed E-state index contributed by atoms with van der Waals surface area (Å²) in [6.45, 7) is 12.4. The summed E-state index contributed by atoms with van der Waals surface area (Å²) < 4.78 is 5.61. The molecule has 0 radical (unpaired) electrons. The Morgan fingerprint density at radius 3 is 2.38 bits per heavy atom. The first-order valence-electron chi connectivity index (χ1n) is 8.55. The number of ether oxygens (including phenoxy) is 1. The molecule has 1 rings (SSSR count). The lowest BCUT2D eigenvalue weighted by molar-refractivity contribution is -0.137. The number of carbonyl (C=O) groups excluding carboxylic acids is 2. The molecule has 0 spiro atoms. The Hall–Kier alpha value is -2.04. The van der Waals surface area contributed by atoms with Gasteiger partial charge in [0.25, 0.3) is 5.91 Å². The van der Waals surface area contributed by atoms with Crippen molar-refractivity contribution in [1.82, 2.24) is 10.2 Å². The van der Waals surface area contributed by atoms with Gasteiger partial charge < -0.3 is 15.0 Å². The molecule has 0 saturated carbocycles. The zero-order chi connectivity index (χ0) is 18.3. The van der Waals surface area contributed by atoms with Gasteiger partial charge >= 0.3 is 0 Å². The van der Waals surface area contributed by atoms with Crippen LogP contribution in [0.2, 0.25) is 0 Å². The van der Waals surface area contributed by atoms with Crippen LogP contribution in [0, 0.1) is 6.92 Å². The monoisotopic (exact) mass is 334 g/mol. The van der Waals surface area contributed by atoms with Gasteiger partial charge in [-0.3, -0.25) is 9.59 Å². The van der Waals surface area contributed by atoms with Gasteiger partial charge in [-0.1, -0.05) is 19.9 Å². The fraction of sp³-hybridized carbons (Fsp3) is 0.579. The normalized spacial score (nSPS) is 10.8. The Kier molecular flexibility index (Phi) is 7.75. The van der Waals surface area contributed by atoms with Gasteiger partial charge in [-0.05, 0) is 56.9 Å². The molecule has 1 aromatic rings. The maximum Gasteiger partial charge on any atom is 0.260 e. The van der Waals surface area contributed by atoms with Crippen LogP contribution in [0.15, 0.2) is 18.2 Å². The Bertz CT molecular complexity index is 568. The minimum Gasteiger partial charge on any atom is -0.484 e. The zero-order valence-electron chi connectivity index (χ0n) is 15.7. The van der Waals surface area contributed by atoms with E-state index in [9.17, 15) is 9.59 Å². The summed E-state index contributed by atoms with van der Waals surface area (Å²) in [6, 6.07) is 5.93.